The zero-order valence-corrected chi connectivity index (χ0v) is 15.9. The minimum absolute atomic E-state index is 0.321. The quantitative estimate of drug-likeness (QED) is 0.805. The number of piperidine rings is 1. The molecule has 2 saturated heterocycles. The average Bonchev–Trinajstić information content (AvgIpc) is 3.05. The van der Waals surface area contributed by atoms with Crippen LogP contribution in [0.1, 0.15) is 36.0 Å². The van der Waals surface area contributed by atoms with E-state index in [0.717, 1.165) is 82.5 Å². The van der Waals surface area contributed by atoms with E-state index in [-0.39, 0.29) is 0 Å². The first-order chi connectivity index (χ1) is 13.2. The average molecular weight is 372 g/mol. The molecule has 2 aliphatic rings. The standard InChI is InChI=1S/C18H28N8O/c1-24-16(13-25-5-7-27-8-6-25)22-23-17(24)15-3-2-4-26(12-15)11-14-9-20-18(19)21-10-14/h9-10,15H,2-8,11-13H2,1H3,(H2,19,20,21). The molecule has 4 heterocycles. The Labute approximate surface area is 159 Å². The van der Waals surface area contributed by atoms with Crippen molar-refractivity contribution >= 4 is 5.95 Å². The fourth-order valence-electron chi connectivity index (χ4n) is 3.94. The van der Waals surface area contributed by atoms with Gasteiger partial charge in [0.15, 0.2) is 0 Å². The second-order valence-electron chi connectivity index (χ2n) is 7.45. The Morgan fingerprint density at radius 1 is 1.07 bits per heavy atom. The first kappa shape index (κ1) is 18.3. The van der Waals surface area contributed by atoms with E-state index < -0.39 is 0 Å². The minimum atomic E-state index is 0.321. The SMILES string of the molecule is Cn1c(CN2CCOCC2)nnc1C1CCCN(Cc2cnc(N)nc2)C1. The van der Waals surface area contributed by atoms with E-state index in [0.29, 0.717) is 11.9 Å². The second-order valence-corrected chi connectivity index (χ2v) is 7.45. The fraction of sp³-hybridized carbons (Fsp3) is 0.667. The number of rotatable bonds is 5. The number of hydrogen-bond acceptors (Lipinski definition) is 8. The lowest BCUT2D eigenvalue weighted by Crippen LogP contribution is -2.36. The van der Waals surface area contributed by atoms with Crippen LogP contribution in [0.5, 0.6) is 0 Å². The molecule has 9 heteroatoms. The van der Waals surface area contributed by atoms with Crippen molar-refractivity contribution in [3.05, 3.63) is 29.6 Å². The number of nitrogen functional groups attached to an aromatic ring is 1. The predicted octanol–water partition coefficient (Wildman–Crippen LogP) is 0.399. The summed E-state index contributed by atoms with van der Waals surface area (Å²) < 4.78 is 7.62. The molecular weight excluding hydrogens is 344 g/mol. The summed E-state index contributed by atoms with van der Waals surface area (Å²) in [7, 11) is 2.10. The molecule has 2 aromatic heterocycles. The van der Waals surface area contributed by atoms with Gasteiger partial charge in [0.05, 0.1) is 19.8 Å². The van der Waals surface area contributed by atoms with Crippen LogP contribution in [0, 0.1) is 0 Å². The summed E-state index contributed by atoms with van der Waals surface area (Å²) in [6.45, 7) is 7.27. The van der Waals surface area contributed by atoms with Gasteiger partial charge in [0, 0.05) is 57.1 Å². The van der Waals surface area contributed by atoms with Gasteiger partial charge in [0.25, 0.3) is 0 Å². The van der Waals surface area contributed by atoms with Gasteiger partial charge in [-0.25, -0.2) is 9.97 Å². The minimum Gasteiger partial charge on any atom is -0.379 e. The first-order valence-electron chi connectivity index (χ1n) is 9.66. The highest BCUT2D eigenvalue weighted by atomic mass is 16.5. The largest absolute Gasteiger partial charge is 0.379 e. The summed E-state index contributed by atoms with van der Waals surface area (Å²) in [6.07, 6.45) is 5.94. The molecule has 0 amide bonds. The normalized spacial score (nSPS) is 22.2. The van der Waals surface area contributed by atoms with Crippen LogP contribution in [0.15, 0.2) is 12.4 Å². The van der Waals surface area contributed by atoms with E-state index in [1.54, 1.807) is 0 Å². The van der Waals surface area contributed by atoms with Gasteiger partial charge in [-0.05, 0) is 19.4 Å². The van der Waals surface area contributed by atoms with Gasteiger partial charge in [-0.1, -0.05) is 0 Å². The number of nitrogens with two attached hydrogens (primary N) is 1. The van der Waals surface area contributed by atoms with Gasteiger partial charge in [-0.15, -0.1) is 10.2 Å². The third kappa shape index (κ3) is 4.42. The predicted molar refractivity (Wildman–Crippen MR) is 101 cm³/mol. The monoisotopic (exact) mass is 372 g/mol. The molecule has 0 radical (unpaired) electrons. The summed E-state index contributed by atoms with van der Waals surface area (Å²) in [6, 6.07) is 0. The van der Waals surface area contributed by atoms with Crippen molar-refractivity contribution in [3.63, 3.8) is 0 Å². The number of hydrogen-bond donors (Lipinski definition) is 1. The number of nitrogens with zero attached hydrogens (tertiary/aromatic N) is 7. The van der Waals surface area contributed by atoms with E-state index in [1.807, 2.05) is 12.4 Å². The smallest absolute Gasteiger partial charge is 0.219 e. The van der Waals surface area contributed by atoms with Crippen LogP contribution < -0.4 is 5.73 Å². The molecule has 1 unspecified atom stereocenters. The molecular formula is C18H28N8O. The van der Waals surface area contributed by atoms with Gasteiger partial charge in [0.2, 0.25) is 5.95 Å². The molecule has 0 spiro atoms. The molecule has 4 rings (SSSR count). The number of anilines is 1. The van der Waals surface area contributed by atoms with Crippen molar-refractivity contribution in [3.8, 4) is 0 Å². The van der Waals surface area contributed by atoms with Crippen LogP contribution >= 0.6 is 0 Å². The molecule has 27 heavy (non-hydrogen) atoms. The topological polar surface area (TPSA) is 98.2 Å². The summed E-state index contributed by atoms with van der Waals surface area (Å²) in [4.78, 5) is 13.0. The van der Waals surface area contributed by atoms with Gasteiger partial charge in [-0.2, -0.15) is 0 Å². The molecule has 0 saturated carbocycles. The molecule has 146 valence electrons. The van der Waals surface area contributed by atoms with Crippen molar-refractivity contribution in [2.75, 3.05) is 45.1 Å². The van der Waals surface area contributed by atoms with Crippen LogP contribution in [-0.2, 0) is 24.9 Å². The molecule has 1 atom stereocenters. The van der Waals surface area contributed by atoms with Crippen molar-refractivity contribution in [1.29, 1.82) is 0 Å². The maximum atomic E-state index is 5.58. The highest BCUT2D eigenvalue weighted by Gasteiger charge is 2.26. The molecule has 0 bridgehead atoms. The van der Waals surface area contributed by atoms with Crippen molar-refractivity contribution in [2.45, 2.75) is 31.8 Å². The Bertz CT molecular complexity index is 740. The molecule has 0 aromatic carbocycles. The van der Waals surface area contributed by atoms with Crippen LogP contribution in [0.3, 0.4) is 0 Å². The van der Waals surface area contributed by atoms with E-state index >= 15 is 0 Å². The van der Waals surface area contributed by atoms with E-state index in [4.69, 9.17) is 10.5 Å². The number of morpholine rings is 1. The Balaban J connectivity index is 1.39. The van der Waals surface area contributed by atoms with Crippen LogP contribution in [0.25, 0.3) is 0 Å². The molecule has 2 fully saturated rings. The maximum absolute atomic E-state index is 5.58. The Morgan fingerprint density at radius 3 is 2.63 bits per heavy atom. The lowest BCUT2D eigenvalue weighted by Gasteiger charge is -2.32. The van der Waals surface area contributed by atoms with Gasteiger partial charge in [-0.3, -0.25) is 9.80 Å². The van der Waals surface area contributed by atoms with Crippen molar-refractivity contribution in [1.82, 2.24) is 34.5 Å². The summed E-state index contributed by atoms with van der Waals surface area (Å²) >= 11 is 0. The van der Waals surface area contributed by atoms with E-state index in [1.165, 1.54) is 0 Å². The molecule has 2 N–H and O–H groups in total. The number of aromatic nitrogens is 5. The van der Waals surface area contributed by atoms with E-state index in [9.17, 15) is 0 Å². The highest BCUT2D eigenvalue weighted by Crippen LogP contribution is 2.27. The highest BCUT2D eigenvalue weighted by molar-refractivity contribution is 5.17. The van der Waals surface area contributed by atoms with Crippen molar-refractivity contribution < 1.29 is 4.74 Å². The van der Waals surface area contributed by atoms with Crippen LogP contribution in [0.4, 0.5) is 5.95 Å². The molecule has 2 aliphatic heterocycles. The molecule has 9 nitrogen and oxygen atoms in total. The van der Waals surface area contributed by atoms with Gasteiger partial charge in [0.1, 0.15) is 11.6 Å². The van der Waals surface area contributed by atoms with Crippen LogP contribution in [-0.4, -0.2) is 73.9 Å². The fourth-order valence-corrected chi connectivity index (χ4v) is 3.94. The number of likely N-dealkylation sites (tertiary alicyclic amines) is 1. The zero-order valence-electron chi connectivity index (χ0n) is 15.9. The lowest BCUT2D eigenvalue weighted by atomic mass is 9.97. The second kappa shape index (κ2) is 8.28. The number of ether oxygens (including phenoxy) is 1. The zero-order chi connectivity index (χ0) is 18.6. The third-order valence-corrected chi connectivity index (χ3v) is 5.47. The summed E-state index contributed by atoms with van der Waals surface area (Å²) in [5.41, 5.74) is 6.67. The Hall–Kier alpha value is -2.10. The molecule has 0 aliphatic carbocycles. The van der Waals surface area contributed by atoms with Gasteiger partial charge < -0.3 is 15.0 Å². The first-order valence-corrected chi connectivity index (χ1v) is 9.66. The van der Waals surface area contributed by atoms with Crippen LogP contribution in [0.2, 0.25) is 0 Å². The summed E-state index contributed by atoms with van der Waals surface area (Å²) in [5, 5.41) is 9.03. The maximum Gasteiger partial charge on any atom is 0.219 e. The van der Waals surface area contributed by atoms with E-state index in [2.05, 4.69) is 41.6 Å². The summed E-state index contributed by atoms with van der Waals surface area (Å²) in [5.74, 6) is 2.86. The van der Waals surface area contributed by atoms with Gasteiger partial charge >= 0.3 is 0 Å². The Kier molecular flexibility index (Phi) is 5.61. The lowest BCUT2D eigenvalue weighted by molar-refractivity contribution is 0.0326. The third-order valence-electron chi connectivity index (χ3n) is 5.47. The Morgan fingerprint density at radius 2 is 1.85 bits per heavy atom. The molecule has 2 aromatic rings. The van der Waals surface area contributed by atoms with Crippen molar-refractivity contribution in [2.24, 2.45) is 7.05 Å².